The summed E-state index contributed by atoms with van der Waals surface area (Å²) in [6.07, 6.45) is 5.32. The summed E-state index contributed by atoms with van der Waals surface area (Å²) in [6.45, 7) is 0.812. The molecule has 2 fully saturated rings. The van der Waals surface area contributed by atoms with Gasteiger partial charge in [0, 0.05) is 24.0 Å². The van der Waals surface area contributed by atoms with Gasteiger partial charge in [0.05, 0.1) is 12.2 Å². The summed E-state index contributed by atoms with van der Waals surface area (Å²) in [5.41, 5.74) is 1.22. The molecule has 0 bridgehead atoms. The van der Waals surface area contributed by atoms with Crippen LogP contribution in [-0.2, 0) is 4.79 Å². The third-order valence-electron chi connectivity index (χ3n) is 4.69. The Bertz CT molecular complexity index is 735. The first-order chi connectivity index (χ1) is 11.1. The average molecular weight is 332 g/mol. The molecule has 1 N–H and O–H groups in total. The van der Waals surface area contributed by atoms with E-state index in [1.54, 1.807) is 28.9 Å². The standard InChI is InChI=1S/C16H16N2O4S/c19-15(13-8-23-14(17-13)10-3-4-22-7-10)18-5-11(9-1-2-9)12(6-18)16(20)21/h3-4,7-9,11-12H,1-2,5-6H2,(H,20,21)/t11-,12+/m1/s1. The van der Waals surface area contributed by atoms with Gasteiger partial charge in [0.25, 0.3) is 5.91 Å². The molecule has 0 radical (unpaired) electrons. The topological polar surface area (TPSA) is 83.6 Å². The molecule has 2 aliphatic rings. The summed E-state index contributed by atoms with van der Waals surface area (Å²) in [7, 11) is 0. The summed E-state index contributed by atoms with van der Waals surface area (Å²) in [4.78, 5) is 30.1. The first-order valence-corrected chi connectivity index (χ1v) is 8.51. The van der Waals surface area contributed by atoms with Gasteiger partial charge >= 0.3 is 5.97 Å². The van der Waals surface area contributed by atoms with Crippen molar-refractivity contribution >= 4 is 23.2 Å². The number of carboxylic acids is 1. The molecule has 2 aromatic rings. The zero-order valence-corrected chi connectivity index (χ0v) is 13.2. The molecular formula is C16H16N2O4S. The second-order valence-corrected chi connectivity index (χ2v) is 7.06. The second-order valence-electron chi connectivity index (χ2n) is 6.21. The quantitative estimate of drug-likeness (QED) is 0.930. The third kappa shape index (κ3) is 2.65. The Morgan fingerprint density at radius 1 is 1.35 bits per heavy atom. The number of hydrogen-bond donors (Lipinski definition) is 1. The van der Waals surface area contributed by atoms with Crippen molar-refractivity contribution in [1.82, 2.24) is 9.88 Å². The lowest BCUT2D eigenvalue weighted by Gasteiger charge is -2.14. The zero-order valence-electron chi connectivity index (χ0n) is 12.3. The number of aliphatic carboxylic acids is 1. The van der Waals surface area contributed by atoms with Crippen molar-refractivity contribution in [1.29, 1.82) is 0 Å². The smallest absolute Gasteiger partial charge is 0.308 e. The van der Waals surface area contributed by atoms with E-state index in [2.05, 4.69) is 4.98 Å². The number of thiazole rings is 1. The highest BCUT2D eigenvalue weighted by Gasteiger charge is 2.47. The predicted molar refractivity (Wildman–Crippen MR) is 83.1 cm³/mol. The van der Waals surface area contributed by atoms with Gasteiger partial charge in [-0.2, -0.15) is 0 Å². The summed E-state index contributed by atoms with van der Waals surface area (Å²) >= 11 is 1.39. The molecule has 6 nitrogen and oxygen atoms in total. The van der Waals surface area contributed by atoms with Crippen LogP contribution in [0.3, 0.4) is 0 Å². The van der Waals surface area contributed by atoms with Crippen LogP contribution in [0.25, 0.3) is 10.6 Å². The molecule has 4 rings (SSSR count). The van der Waals surface area contributed by atoms with E-state index >= 15 is 0 Å². The van der Waals surface area contributed by atoms with Crippen molar-refractivity contribution in [2.75, 3.05) is 13.1 Å². The van der Waals surface area contributed by atoms with E-state index in [-0.39, 0.29) is 18.4 Å². The van der Waals surface area contributed by atoms with E-state index in [1.807, 2.05) is 0 Å². The first-order valence-electron chi connectivity index (χ1n) is 7.63. The molecule has 2 atom stereocenters. The minimum Gasteiger partial charge on any atom is -0.481 e. The van der Waals surface area contributed by atoms with Crippen molar-refractivity contribution in [3.05, 3.63) is 29.7 Å². The number of aromatic nitrogens is 1. The van der Waals surface area contributed by atoms with Crippen molar-refractivity contribution in [2.45, 2.75) is 12.8 Å². The van der Waals surface area contributed by atoms with E-state index in [0.29, 0.717) is 18.2 Å². The second kappa shape index (κ2) is 5.49. The van der Waals surface area contributed by atoms with Crippen LogP contribution in [0, 0.1) is 17.8 Å². The number of likely N-dealkylation sites (tertiary alicyclic amines) is 1. The van der Waals surface area contributed by atoms with E-state index in [9.17, 15) is 14.7 Å². The molecule has 1 saturated heterocycles. The number of nitrogens with zero attached hydrogens (tertiary/aromatic N) is 2. The molecule has 7 heteroatoms. The molecule has 0 aromatic carbocycles. The highest BCUT2D eigenvalue weighted by Crippen LogP contribution is 2.44. The van der Waals surface area contributed by atoms with Gasteiger partial charge in [0.1, 0.15) is 17.0 Å². The fourth-order valence-corrected chi connectivity index (χ4v) is 4.09. The van der Waals surface area contributed by atoms with Crippen LogP contribution >= 0.6 is 11.3 Å². The van der Waals surface area contributed by atoms with Crippen LogP contribution in [0.1, 0.15) is 23.3 Å². The van der Waals surface area contributed by atoms with Crippen molar-refractivity contribution in [3.8, 4) is 10.6 Å². The van der Waals surface area contributed by atoms with Gasteiger partial charge in [-0.15, -0.1) is 11.3 Å². The minimum atomic E-state index is -0.797. The summed E-state index contributed by atoms with van der Waals surface area (Å²) in [5.74, 6) is -0.868. The Morgan fingerprint density at radius 2 is 2.17 bits per heavy atom. The number of hydrogen-bond acceptors (Lipinski definition) is 5. The van der Waals surface area contributed by atoms with Crippen LogP contribution in [-0.4, -0.2) is 40.0 Å². The van der Waals surface area contributed by atoms with Crippen molar-refractivity contribution < 1.29 is 19.1 Å². The fraction of sp³-hybridized carbons (Fsp3) is 0.438. The van der Waals surface area contributed by atoms with Gasteiger partial charge in [0.2, 0.25) is 0 Å². The maximum Gasteiger partial charge on any atom is 0.308 e. The van der Waals surface area contributed by atoms with E-state index in [0.717, 1.165) is 23.4 Å². The van der Waals surface area contributed by atoms with E-state index in [4.69, 9.17) is 4.42 Å². The van der Waals surface area contributed by atoms with Gasteiger partial charge in [-0.3, -0.25) is 9.59 Å². The molecule has 3 heterocycles. The number of furan rings is 1. The molecular weight excluding hydrogens is 316 g/mol. The summed E-state index contributed by atoms with van der Waals surface area (Å²) in [5, 5.41) is 11.9. The third-order valence-corrected chi connectivity index (χ3v) is 5.58. The Morgan fingerprint density at radius 3 is 2.83 bits per heavy atom. The summed E-state index contributed by atoms with van der Waals surface area (Å²) in [6, 6.07) is 1.80. The van der Waals surface area contributed by atoms with Crippen LogP contribution in [0.4, 0.5) is 0 Å². The Hall–Kier alpha value is -2.15. The monoisotopic (exact) mass is 332 g/mol. The van der Waals surface area contributed by atoms with Gasteiger partial charge in [-0.05, 0) is 30.7 Å². The number of carboxylic acid groups (broad SMARTS) is 1. The zero-order chi connectivity index (χ0) is 16.0. The van der Waals surface area contributed by atoms with E-state index < -0.39 is 11.9 Å². The Balaban J connectivity index is 1.52. The molecule has 0 spiro atoms. The largest absolute Gasteiger partial charge is 0.481 e. The highest BCUT2D eigenvalue weighted by molar-refractivity contribution is 7.13. The maximum atomic E-state index is 12.6. The average Bonchev–Trinajstić information content (AvgIpc) is 3.03. The molecule has 120 valence electrons. The summed E-state index contributed by atoms with van der Waals surface area (Å²) < 4.78 is 5.03. The van der Waals surface area contributed by atoms with Gasteiger partial charge in [0.15, 0.2) is 0 Å². The number of rotatable bonds is 4. The molecule has 1 amide bonds. The van der Waals surface area contributed by atoms with Crippen molar-refractivity contribution in [3.63, 3.8) is 0 Å². The molecule has 1 saturated carbocycles. The van der Waals surface area contributed by atoms with Gasteiger partial charge < -0.3 is 14.4 Å². The fourth-order valence-electron chi connectivity index (χ4n) is 3.31. The normalized spacial score (nSPS) is 24.1. The molecule has 0 unspecified atom stereocenters. The maximum absolute atomic E-state index is 12.6. The molecule has 1 aliphatic carbocycles. The van der Waals surface area contributed by atoms with Crippen LogP contribution < -0.4 is 0 Å². The van der Waals surface area contributed by atoms with Gasteiger partial charge in [-0.25, -0.2) is 4.98 Å². The number of carbonyl (C=O) groups excluding carboxylic acids is 1. The van der Waals surface area contributed by atoms with Crippen LogP contribution in [0.5, 0.6) is 0 Å². The molecule has 2 aromatic heterocycles. The lowest BCUT2D eigenvalue weighted by molar-refractivity contribution is -0.142. The van der Waals surface area contributed by atoms with Crippen molar-refractivity contribution in [2.24, 2.45) is 17.8 Å². The number of amides is 1. The SMILES string of the molecule is O=C(O)[C@H]1CN(C(=O)c2csc(-c3ccoc3)n2)C[C@@H]1C1CC1. The van der Waals surface area contributed by atoms with Crippen LogP contribution in [0.2, 0.25) is 0 Å². The minimum absolute atomic E-state index is 0.0865. The predicted octanol–water partition coefficient (Wildman–Crippen LogP) is 2.59. The van der Waals surface area contributed by atoms with Gasteiger partial charge in [-0.1, -0.05) is 0 Å². The highest BCUT2D eigenvalue weighted by atomic mass is 32.1. The molecule has 1 aliphatic heterocycles. The lowest BCUT2D eigenvalue weighted by Crippen LogP contribution is -2.30. The Kier molecular flexibility index (Phi) is 3.45. The Labute approximate surface area is 136 Å². The first kappa shape index (κ1) is 14.4. The molecule has 23 heavy (non-hydrogen) atoms. The van der Waals surface area contributed by atoms with E-state index in [1.165, 1.54) is 11.3 Å². The lowest BCUT2D eigenvalue weighted by atomic mass is 9.92. The van der Waals surface area contributed by atoms with Crippen LogP contribution in [0.15, 0.2) is 28.4 Å². The number of carbonyl (C=O) groups is 2.